The molecule has 154 valence electrons. The molecule has 0 aliphatic carbocycles. The molecular weight excluding hydrogens is 394 g/mol. The summed E-state index contributed by atoms with van der Waals surface area (Å²) >= 11 is 0. The second-order valence-corrected chi connectivity index (χ2v) is 6.66. The lowest BCUT2D eigenvalue weighted by atomic mass is 10.1. The van der Waals surface area contributed by atoms with Crippen molar-refractivity contribution in [1.29, 1.82) is 0 Å². The number of rotatable bonds is 4. The number of amides is 2. The van der Waals surface area contributed by atoms with E-state index in [1.54, 1.807) is 29.2 Å². The average Bonchev–Trinajstić information content (AvgIpc) is 3.12. The molecule has 4 rings (SSSR count). The minimum absolute atomic E-state index is 0.00285. The van der Waals surface area contributed by atoms with Crippen LogP contribution in [0.1, 0.15) is 16.1 Å². The summed E-state index contributed by atoms with van der Waals surface area (Å²) in [6.45, 7) is 1.67. The first-order valence-corrected chi connectivity index (χ1v) is 9.36. The Kier molecular flexibility index (Phi) is 5.58. The molecule has 1 saturated heterocycles. The first kappa shape index (κ1) is 19.8. The number of ether oxygens (including phenoxy) is 1. The SMILES string of the molecule is O=C(C=Cc1c(F)cccc1F)Nc1c(C(=O)N2CCOCC2)oc2ccccc12. The summed E-state index contributed by atoms with van der Waals surface area (Å²) in [6.07, 6.45) is 2.05. The van der Waals surface area contributed by atoms with E-state index >= 15 is 0 Å². The molecule has 1 aliphatic heterocycles. The Balaban J connectivity index is 1.63. The van der Waals surface area contributed by atoms with E-state index in [4.69, 9.17) is 9.15 Å². The molecule has 2 amide bonds. The summed E-state index contributed by atoms with van der Waals surface area (Å²) in [5, 5.41) is 3.17. The van der Waals surface area contributed by atoms with Crippen molar-refractivity contribution in [3.63, 3.8) is 0 Å². The zero-order valence-corrected chi connectivity index (χ0v) is 15.9. The molecule has 2 aromatic carbocycles. The fourth-order valence-corrected chi connectivity index (χ4v) is 3.22. The highest BCUT2D eigenvalue weighted by molar-refractivity contribution is 6.13. The van der Waals surface area contributed by atoms with E-state index in [0.717, 1.165) is 24.3 Å². The van der Waals surface area contributed by atoms with Gasteiger partial charge in [-0.1, -0.05) is 18.2 Å². The van der Waals surface area contributed by atoms with E-state index in [1.807, 2.05) is 0 Å². The van der Waals surface area contributed by atoms with Crippen LogP contribution in [0.25, 0.3) is 17.0 Å². The van der Waals surface area contributed by atoms with Gasteiger partial charge in [-0.3, -0.25) is 9.59 Å². The van der Waals surface area contributed by atoms with Gasteiger partial charge in [-0.2, -0.15) is 0 Å². The molecule has 8 heteroatoms. The number of hydrogen-bond acceptors (Lipinski definition) is 4. The van der Waals surface area contributed by atoms with Crippen LogP contribution in [0.3, 0.4) is 0 Å². The third-order valence-electron chi connectivity index (χ3n) is 4.74. The normalized spacial score (nSPS) is 14.4. The number of para-hydroxylation sites is 1. The van der Waals surface area contributed by atoms with E-state index in [2.05, 4.69) is 5.32 Å². The zero-order chi connectivity index (χ0) is 21.1. The largest absolute Gasteiger partial charge is 0.449 e. The second-order valence-electron chi connectivity index (χ2n) is 6.66. The molecule has 30 heavy (non-hydrogen) atoms. The number of hydrogen-bond donors (Lipinski definition) is 1. The number of morpholine rings is 1. The quantitative estimate of drug-likeness (QED) is 0.661. The van der Waals surface area contributed by atoms with Crippen LogP contribution >= 0.6 is 0 Å². The molecular formula is C22H18F2N2O4. The van der Waals surface area contributed by atoms with Crippen molar-refractivity contribution >= 4 is 34.5 Å². The molecule has 1 aromatic heterocycles. The molecule has 3 aromatic rings. The molecule has 0 bridgehead atoms. The van der Waals surface area contributed by atoms with Crippen molar-refractivity contribution in [2.45, 2.75) is 0 Å². The third kappa shape index (κ3) is 3.95. The first-order valence-electron chi connectivity index (χ1n) is 9.36. The summed E-state index contributed by atoms with van der Waals surface area (Å²) in [5.41, 5.74) is 0.327. The fraction of sp³-hybridized carbons (Fsp3) is 0.182. The maximum Gasteiger partial charge on any atom is 0.291 e. The lowest BCUT2D eigenvalue weighted by Gasteiger charge is -2.26. The van der Waals surface area contributed by atoms with Gasteiger partial charge in [0, 0.05) is 30.1 Å². The average molecular weight is 412 g/mol. The molecule has 0 spiro atoms. The number of anilines is 1. The van der Waals surface area contributed by atoms with Crippen LogP contribution in [0.5, 0.6) is 0 Å². The summed E-state index contributed by atoms with van der Waals surface area (Å²) < 4.78 is 38.5. The zero-order valence-electron chi connectivity index (χ0n) is 15.9. The maximum atomic E-state index is 13.8. The number of nitrogens with zero attached hydrogens (tertiary/aromatic N) is 1. The van der Waals surface area contributed by atoms with Crippen LogP contribution in [-0.4, -0.2) is 43.0 Å². The summed E-state index contributed by atoms with van der Waals surface area (Å²) in [4.78, 5) is 27.0. The van der Waals surface area contributed by atoms with E-state index in [1.165, 1.54) is 6.07 Å². The van der Waals surface area contributed by atoms with Gasteiger partial charge in [-0.15, -0.1) is 0 Å². The van der Waals surface area contributed by atoms with Gasteiger partial charge in [0.05, 0.1) is 13.2 Å². The lowest BCUT2D eigenvalue weighted by Crippen LogP contribution is -2.40. The third-order valence-corrected chi connectivity index (χ3v) is 4.74. The number of halogens is 2. The fourth-order valence-electron chi connectivity index (χ4n) is 3.22. The number of fused-ring (bicyclic) bond motifs is 1. The van der Waals surface area contributed by atoms with Crippen LogP contribution < -0.4 is 5.32 Å². The minimum atomic E-state index is -0.781. The van der Waals surface area contributed by atoms with E-state index < -0.39 is 17.5 Å². The Labute approximate surface area is 170 Å². The molecule has 1 N–H and O–H groups in total. The second kappa shape index (κ2) is 8.46. The van der Waals surface area contributed by atoms with E-state index in [0.29, 0.717) is 37.3 Å². The summed E-state index contributed by atoms with van der Waals surface area (Å²) in [7, 11) is 0. The Hall–Kier alpha value is -3.52. The lowest BCUT2D eigenvalue weighted by molar-refractivity contribution is -0.111. The molecule has 0 saturated carbocycles. The number of furan rings is 1. The molecule has 2 heterocycles. The molecule has 0 radical (unpaired) electrons. The van der Waals surface area contributed by atoms with Gasteiger partial charge in [0.1, 0.15) is 22.9 Å². The van der Waals surface area contributed by atoms with Gasteiger partial charge in [0.15, 0.2) is 0 Å². The summed E-state index contributed by atoms with van der Waals surface area (Å²) in [6, 6.07) is 10.3. The van der Waals surface area contributed by atoms with E-state index in [-0.39, 0.29) is 22.9 Å². The van der Waals surface area contributed by atoms with E-state index in [9.17, 15) is 18.4 Å². The Morgan fingerprint density at radius 1 is 1.00 bits per heavy atom. The monoisotopic (exact) mass is 412 g/mol. The Morgan fingerprint density at radius 2 is 1.70 bits per heavy atom. The molecule has 6 nitrogen and oxygen atoms in total. The van der Waals surface area contributed by atoms with Gasteiger partial charge >= 0.3 is 0 Å². The first-order chi connectivity index (χ1) is 14.5. The molecule has 0 atom stereocenters. The number of carbonyl (C=O) groups is 2. The predicted octanol–water partition coefficient (Wildman–Crippen LogP) is 3.84. The Bertz CT molecular complexity index is 1110. The van der Waals surface area contributed by atoms with Crippen LogP contribution in [0.4, 0.5) is 14.5 Å². The predicted molar refractivity (Wildman–Crippen MR) is 107 cm³/mol. The van der Waals surface area contributed by atoms with Crippen LogP contribution in [0.15, 0.2) is 53.0 Å². The van der Waals surface area contributed by atoms with Crippen LogP contribution in [-0.2, 0) is 9.53 Å². The van der Waals surface area contributed by atoms with Crippen molar-refractivity contribution in [2.75, 3.05) is 31.6 Å². The van der Waals surface area contributed by atoms with Crippen molar-refractivity contribution in [2.24, 2.45) is 0 Å². The van der Waals surface area contributed by atoms with Gasteiger partial charge in [-0.25, -0.2) is 8.78 Å². The van der Waals surface area contributed by atoms with Gasteiger partial charge in [0.2, 0.25) is 11.7 Å². The molecule has 1 fully saturated rings. The van der Waals surface area contributed by atoms with Crippen LogP contribution in [0, 0.1) is 11.6 Å². The topological polar surface area (TPSA) is 71.8 Å². The van der Waals surface area contributed by atoms with Crippen molar-refractivity contribution in [1.82, 2.24) is 4.90 Å². The van der Waals surface area contributed by atoms with Crippen molar-refractivity contribution in [3.05, 3.63) is 71.5 Å². The highest BCUT2D eigenvalue weighted by Crippen LogP contribution is 2.32. The minimum Gasteiger partial charge on any atom is -0.449 e. The standard InChI is InChI=1S/C22H18F2N2O4/c23-16-5-3-6-17(24)14(16)8-9-19(27)25-20-15-4-1-2-7-18(15)30-21(20)22(28)26-10-12-29-13-11-26/h1-9H,10-13H2,(H,25,27). The van der Waals surface area contributed by atoms with Gasteiger partial charge in [-0.05, 0) is 30.3 Å². The maximum absolute atomic E-state index is 13.8. The molecule has 1 aliphatic rings. The highest BCUT2D eigenvalue weighted by atomic mass is 19.1. The van der Waals surface area contributed by atoms with Gasteiger partial charge in [0.25, 0.3) is 5.91 Å². The van der Waals surface area contributed by atoms with Gasteiger partial charge < -0.3 is 19.4 Å². The number of nitrogens with one attached hydrogen (secondary N) is 1. The van der Waals surface area contributed by atoms with Crippen molar-refractivity contribution in [3.8, 4) is 0 Å². The smallest absolute Gasteiger partial charge is 0.291 e. The Morgan fingerprint density at radius 3 is 2.43 bits per heavy atom. The number of carbonyl (C=O) groups excluding carboxylic acids is 2. The number of benzene rings is 2. The van der Waals surface area contributed by atoms with Crippen molar-refractivity contribution < 1.29 is 27.5 Å². The van der Waals surface area contributed by atoms with Crippen LogP contribution in [0.2, 0.25) is 0 Å². The molecule has 0 unspecified atom stereocenters. The highest BCUT2D eigenvalue weighted by Gasteiger charge is 2.27. The summed E-state index contributed by atoms with van der Waals surface area (Å²) in [5.74, 6) is -2.59.